The lowest BCUT2D eigenvalue weighted by atomic mass is 9.94. The molecule has 0 aromatic heterocycles. The van der Waals surface area contributed by atoms with E-state index in [1.807, 2.05) is 13.1 Å². The first-order chi connectivity index (χ1) is 8.70. The minimum atomic E-state index is -0.107. The average Bonchev–Trinajstić information content (AvgIpc) is 2.87. The second-order valence-electron chi connectivity index (χ2n) is 5.23. The molecule has 1 unspecified atom stereocenters. The molecule has 100 valence electrons. The van der Waals surface area contributed by atoms with Crippen LogP contribution in [0.2, 0.25) is 0 Å². The summed E-state index contributed by atoms with van der Waals surface area (Å²) < 4.78 is 14.8. The van der Waals surface area contributed by atoms with E-state index in [4.69, 9.17) is 0 Å². The Morgan fingerprint density at radius 2 is 2.11 bits per heavy atom. The zero-order valence-electron chi connectivity index (χ0n) is 10.9. The van der Waals surface area contributed by atoms with Crippen LogP contribution in [0.1, 0.15) is 50.1 Å². The number of hydrogen-bond acceptors (Lipinski definition) is 1. The van der Waals surface area contributed by atoms with E-state index >= 15 is 0 Å². The molecule has 0 heterocycles. The molecule has 1 aliphatic carbocycles. The van der Waals surface area contributed by atoms with E-state index in [1.54, 1.807) is 12.1 Å². The maximum atomic E-state index is 13.8. The van der Waals surface area contributed by atoms with Gasteiger partial charge in [0, 0.05) is 16.1 Å². The minimum Gasteiger partial charge on any atom is -0.313 e. The van der Waals surface area contributed by atoms with E-state index in [-0.39, 0.29) is 11.9 Å². The zero-order chi connectivity index (χ0) is 13.0. The van der Waals surface area contributed by atoms with E-state index in [0.29, 0.717) is 0 Å². The van der Waals surface area contributed by atoms with Gasteiger partial charge in [0.1, 0.15) is 5.82 Å². The van der Waals surface area contributed by atoms with Crippen molar-refractivity contribution in [1.29, 1.82) is 0 Å². The predicted octanol–water partition coefficient (Wildman–Crippen LogP) is 4.82. The summed E-state index contributed by atoms with van der Waals surface area (Å²) in [4.78, 5) is 0. The van der Waals surface area contributed by atoms with Gasteiger partial charge >= 0.3 is 0 Å². The number of rotatable bonds is 5. The smallest absolute Gasteiger partial charge is 0.128 e. The summed E-state index contributed by atoms with van der Waals surface area (Å²) >= 11 is 3.42. The molecule has 1 fully saturated rings. The third kappa shape index (κ3) is 3.55. The van der Waals surface area contributed by atoms with Gasteiger partial charge in [0.05, 0.1) is 0 Å². The Morgan fingerprint density at radius 1 is 1.39 bits per heavy atom. The highest BCUT2D eigenvalue weighted by Crippen LogP contribution is 2.32. The molecule has 1 atom stereocenters. The van der Waals surface area contributed by atoms with Crippen LogP contribution < -0.4 is 5.32 Å². The van der Waals surface area contributed by atoms with E-state index in [9.17, 15) is 4.39 Å². The van der Waals surface area contributed by atoms with Crippen LogP contribution in [0.4, 0.5) is 4.39 Å². The van der Waals surface area contributed by atoms with Gasteiger partial charge in [-0.2, -0.15) is 0 Å². The monoisotopic (exact) mass is 313 g/mol. The standard InChI is InChI=1S/C15H21BrFN/c1-18-15(9-6-11-4-2-3-5-11)13-10-12(16)7-8-14(13)17/h7-8,10-11,15,18H,2-6,9H2,1H3. The minimum absolute atomic E-state index is 0.107. The molecular weight excluding hydrogens is 293 g/mol. The Balaban J connectivity index is 2.00. The highest BCUT2D eigenvalue weighted by atomic mass is 79.9. The van der Waals surface area contributed by atoms with Gasteiger partial charge in [0.2, 0.25) is 0 Å². The van der Waals surface area contributed by atoms with Crippen molar-refractivity contribution in [3.8, 4) is 0 Å². The van der Waals surface area contributed by atoms with Crippen LogP contribution in [-0.4, -0.2) is 7.05 Å². The SMILES string of the molecule is CNC(CCC1CCCC1)c1cc(Br)ccc1F. The maximum absolute atomic E-state index is 13.8. The Kier molecular flexibility index (Phi) is 5.19. The van der Waals surface area contributed by atoms with Crippen LogP contribution in [0.25, 0.3) is 0 Å². The van der Waals surface area contributed by atoms with Crippen LogP contribution in [0.3, 0.4) is 0 Å². The topological polar surface area (TPSA) is 12.0 Å². The fraction of sp³-hybridized carbons (Fsp3) is 0.600. The second-order valence-corrected chi connectivity index (χ2v) is 6.15. The maximum Gasteiger partial charge on any atom is 0.128 e. The number of benzene rings is 1. The normalized spacial score (nSPS) is 18.2. The lowest BCUT2D eigenvalue weighted by Crippen LogP contribution is -2.18. The van der Waals surface area contributed by atoms with Gasteiger partial charge < -0.3 is 5.32 Å². The Labute approximate surface area is 117 Å². The second kappa shape index (κ2) is 6.67. The summed E-state index contributed by atoms with van der Waals surface area (Å²) in [6, 6.07) is 5.32. The molecule has 18 heavy (non-hydrogen) atoms. The number of halogens is 2. The van der Waals surface area contributed by atoms with Crippen LogP contribution in [0.15, 0.2) is 22.7 Å². The summed E-state index contributed by atoms with van der Waals surface area (Å²) in [7, 11) is 1.92. The molecule has 1 nitrogen and oxygen atoms in total. The van der Waals surface area contributed by atoms with E-state index in [2.05, 4.69) is 21.2 Å². The largest absolute Gasteiger partial charge is 0.313 e. The number of hydrogen-bond donors (Lipinski definition) is 1. The molecule has 3 heteroatoms. The third-order valence-corrected chi connectivity index (χ3v) is 4.51. The molecule has 1 saturated carbocycles. The van der Waals surface area contributed by atoms with Crippen molar-refractivity contribution in [1.82, 2.24) is 5.32 Å². The van der Waals surface area contributed by atoms with Crippen LogP contribution >= 0.6 is 15.9 Å². The van der Waals surface area contributed by atoms with Gasteiger partial charge in [-0.3, -0.25) is 0 Å². The van der Waals surface area contributed by atoms with Gasteiger partial charge in [0.15, 0.2) is 0 Å². The van der Waals surface area contributed by atoms with Gasteiger partial charge in [-0.1, -0.05) is 41.6 Å². The van der Waals surface area contributed by atoms with Gasteiger partial charge in [-0.15, -0.1) is 0 Å². The predicted molar refractivity (Wildman–Crippen MR) is 77.1 cm³/mol. The van der Waals surface area contributed by atoms with Gasteiger partial charge in [0.25, 0.3) is 0 Å². The third-order valence-electron chi connectivity index (χ3n) is 4.02. The molecular formula is C15H21BrFN. The van der Waals surface area contributed by atoms with Gasteiger partial charge in [-0.25, -0.2) is 4.39 Å². The number of nitrogens with one attached hydrogen (secondary N) is 1. The highest BCUT2D eigenvalue weighted by molar-refractivity contribution is 9.10. The Bertz CT molecular complexity index is 388. The van der Waals surface area contributed by atoms with Crippen molar-refractivity contribution in [3.63, 3.8) is 0 Å². The van der Waals surface area contributed by atoms with Crippen molar-refractivity contribution < 1.29 is 4.39 Å². The zero-order valence-corrected chi connectivity index (χ0v) is 12.5. The fourth-order valence-corrected chi connectivity index (χ4v) is 3.32. The molecule has 0 bridgehead atoms. The molecule has 1 aliphatic rings. The van der Waals surface area contributed by atoms with Gasteiger partial charge in [-0.05, 0) is 44.0 Å². The average molecular weight is 314 g/mol. The molecule has 0 aliphatic heterocycles. The Morgan fingerprint density at radius 3 is 2.78 bits per heavy atom. The van der Waals surface area contributed by atoms with Crippen LogP contribution in [0.5, 0.6) is 0 Å². The first-order valence-electron chi connectivity index (χ1n) is 6.83. The first kappa shape index (κ1) is 14.0. The summed E-state index contributed by atoms with van der Waals surface area (Å²) in [5.41, 5.74) is 0.782. The summed E-state index contributed by atoms with van der Waals surface area (Å²) in [6.45, 7) is 0. The molecule has 0 saturated heterocycles. The molecule has 0 spiro atoms. The summed E-state index contributed by atoms with van der Waals surface area (Å²) in [6.07, 6.45) is 7.70. The van der Waals surface area contributed by atoms with Crippen molar-refractivity contribution in [2.75, 3.05) is 7.05 Å². The summed E-state index contributed by atoms with van der Waals surface area (Å²) in [5, 5.41) is 3.25. The molecule has 1 N–H and O–H groups in total. The molecule has 0 radical (unpaired) electrons. The van der Waals surface area contributed by atoms with Crippen molar-refractivity contribution in [2.45, 2.75) is 44.6 Å². The van der Waals surface area contributed by atoms with Crippen LogP contribution in [-0.2, 0) is 0 Å². The fourth-order valence-electron chi connectivity index (χ4n) is 2.94. The van der Waals surface area contributed by atoms with Crippen LogP contribution in [0, 0.1) is 11.7 Å². The molecule has 2 rings (SSSR count). The van der Waals surface area contributed by atoms with Crippen molar-refractivity contribution in [2.24, 2.45) is 5.92 Å². The first-order valence-corrected chi connectivity index (χ1v) is 7.62. The van der Waals surface area contributed by atoms with E-state index in [1.165, 1.54) is 32.1 Å². The summed E-state index contributed by atoms with van der Waals surface area (Å²) in [5.74, 6) is 0.750. The molecule has 1 aromatic carbocycles. The Hall–Kier alpha value is -0.410. The lowest BCUT2D eigenvalue weighted by Gasteiger charge is -2.19. The van der Waals surface area contributed by atoms with E-state index in [0.717, 1.165) is 22.4 Å². The van der Waals surface area contributed by atoms with E-state index < -0.39 is 0 Å². The van der Waals surface area contributed by atoms with Crippen molar-refractivity contribution >= 4 is 15.9 Å². The van der Waals surface area contributed by atoms with Crippen molar-refractivity contribution in [3.05, 3.63) is 34.1 Å². The quantitative estimate of drug-likeness (QED) is 0.821. The lowest BCUT2D eigenvalue weighted by molar-refractivity contribution is 0.418. The highest BCUT2D eigenvalue weighted by Gasteiger charge is 2.19. The molecule has 0 amide bonds. The molecule has 1 aromatic rings.